The van der Waals surface area contributed by atoms with Gasteiger partial charge in [-0.1, -0.05) is 5.92 Å². The third-order valence-electron chi connectivity index (χ3n) is 2.94. The molecular weight excluding hydrogens is 448 g/mol. The predicted molar refractivity (Wildman–Crippen MR) is 97.7 cm³/mol. The SMILES string of the molecule is C#CCOc1c(Br)cc(/C=C2\C(=O)NC(=S)N(C)C2=O)cc1Br. The number of hydrogen-bond acceptors (Lipinski definition) is 4. The number of benzene rings is 1. The third kappa shape index (κ3) is 3.80. The second kappa shape index (κ2) is 7.25. The lowest BCUT2D eigenvalue weighted by Gasteiger charge is -2.25. The van der Waals surface area contributed by atoms with E-state index in [1.807, 2.05) is 0 Å². The second-order valence-corrected chi connectivity index (χ2v) is 6.58. The van der Waals surface area contributed by atoms with Gasteiger partial charge in [-0.25, -0.2) is 0 Å². The standard InChI is InChI=1S/C15H10Br2N2O3S/c1-3-4-22-12-10(16)6-8(7-11(12)17)5-9-13(20)18-15(23)19(2)14(9)21/h1,5-7H,4H2,2H3,(H,18,20,23)/b9-5+. The summed E-state index contributed by atoms with van der Waals surface area (Å²) in [5.74, 6) is 1.94. The maximum atomic E-state index is 12.2. The highest BCUT2D eigenvalue weighted by Gasteiger charge is 2.30. The third-order valence-corrected chi connectivity index (χ3v) is 4.49. The molecule has 2 amide bonds. The van der Waals surface area contributed by atoms with Crippen molar-refractivity contribution in [2.75, 3.05) is 13.7 Å². The summed E-state index contributed by atoms with van der Waals surface area (Å²) >= 11 is 11.6. The first-order chi connectivity index (χ1) is 10.8. The van der Waals surface area contributed by atoms with Crippen LogP contribution in [0.25, 0.3) is 6.08 Å². The lowest BCUT2D eigenvalue weighted by molar-refractivity contribution is -0.128. The molecule has 2 rings (SSSR count). The molecule has 0 bridgehead atoms. The summed E-state index contributed by atoms with van der Waals surface area (Å²) in [6.45, 7) is 0.126. The van der Waals surface area contributed by atoms with Crippen LogP contribution in [-0.4, -0.2) is 35.5 Å². The number of nitrogens with one attached hydrogen (secondary N) is 1. The number of carbonyl (C=O) groups excluding carboxylic acids is 2. The number of rotatable bonds is 3. The minimum atomic E-state index is -0.530. The average Bonchev–Trinajstić information content (AvgIpc) is 2.49. The summed E-state index contributed by atoms with van der Waals surface area (Å²) in [6.07, 6.45) is 6.66. The van der Waals surface area contributed by atoms with E-state index in [1.54, 1.807) is 12.1 Å². The van der Waals surface area contributed by atoms with E-state index in [0.29, 0.717) is 20.3 Å². The Bertz CT molecular complexity index is 760. The number of hydrogen-bond donors (Lipinski definition) is 1. The Morgan fingerprint density at radius 1 is 1.39 bits per heavy atom. The van der Waals surface area contributed by atoms with Crippen LogP contribution in [0.1, 0.15) is 5.56 Å². The molecule has 23 heavy (non-hydrogen) atoms. The van der Waals surface area contributed by atoms with E-state index < -0.39 is 11.8 Å². The van der Waals surface area contributed by atoms with Gasteiger partial charge in [0.05, 0.1) is 8.95 Å². The van der Waals surface area contributed by atoms with Gasteiger partial charge in [-0.3, -0.25) is 19.8 Å². The zero-order valence-corrected chi connectivity index (χ0v) is 15.8. The molecule has 1 saturated heterocycles. The summed E-state index contributed by atoms with van der Waals surface area (Å²) in [5, 5.41) is 2.54. The summed E-state index contributed by atoms with van der Waals surface area (Å²) in [4.78, 5) is 25.3. The molecule has 0 unspecified atom stereocenters. The molecule has 1 aromatic carbocycles. The Kier molecular flexibility index (Phi) is 5.57. The first-order valence-corrected chi connectivity index (χ1v) is 8.25. The molecule has 1 aliphatic rings. The smallest absolute Gasteiger partial charge is 0.265 e. The van der Waals surface area contributed by atoms with Crippen LogP contribution in [-0.2, 0) is 9.59 Å². The molecule has 118 valence electrons. The Hall–Kier alpha value is -1.69. The fraction of sp³-hybridized carbons (Fsp3) is 0.133. The van der Waals surface area contributed by atoms with Crippen molar-refractivity contribution in [1.82, 2.24) is 10.2 Å². The predicted octanol–water partition coefficient (Wildman–Crippen LogP) is 2.48. The number of ether oxygens (including phenoxy) is 1. The highest BCUT2D eigenvalue weighted by atomic mass is 79.9. The summed E-state index contributed by atoms with van der Waals surface area (Å²) in [5.41, 5.74) is 0.633. The van der Waals surface area contributed by atoms with Gasteiger partial charge in [0.2, 0.25) is 0 Å². The molecule has 1 fully saturated rings. The number of thiocarbonyl (C=S) groups is 1. The molecule has 1 aromatic rings. The van der Waals surface area contributed by atoms with Crippen molar-refractivity contribution < 1.29 is 14.3 Å². The van der Waals surface area contributed by atoms with Crippen LogP contribution in [0.5, 0.6) is 5.75 Å². The van der Waals surface area contributed by atoms with Gasteiger partial charge in [0.1, 0.15) is 17.9 Å². The quantitative estimate of drug-likeness (QED) is 0.328. The highest BCUT2D eigenvalue weighted by Crippen LogP contribution is 2.35. The van der Waals surface area contributed by atoms with Gasteiger partial charge in [0, 0.05) is 7.05 Å². The number of nitrogens with zero attached hydrogens (tertiary/aromatic N) is 1. The minimum absolute atomic E-state index is 0.00260. The maximum Gasteiger partial charge on any atom is 0.265 e. The Labute approximate surface area is 155 Å². The second-order valence-electron chi connectivity index (χ2n) is 4.49. The van der Waals surface area contributed by atoms with Gasteiger partial charge < -0.3 is 4.74 Å². The van der Waals surface area contributed by atoms with Crippen molar-refractivity contribution >= 4 is 67.1 Å². The zero-order valence-electron chi connectivity index (χ0n) is 11.9. The summed E-state index contributed by atoms with van der Waals surface area (Å²) < 4.78 is 6.69. The van der Waals surface area contributed by atoms with E-state index in [-0.39, 0.29) is 17.3 Å². The number of halogens is 2. The molecular formula is C15H10Br2N2O3S. The molecule has 0 spiro atoms. The van der Waals surface area contributed by atoms with Crippen molar-refractivity contribution in [1.29, 1.82) is 0 Å². The molecule has 5 nitrogen and oxygen atoms in total. The maximum absolute atomic E-state index is 12.2. The zero-order chi connectivity index (χ0) is 17.1. The first kappa shape index (κ1) is 17.7. The number of likely N-dealkylation sites (N-methyl/N-ethyl adjacent to an activating group) is 1. The monoisotopic (exact) mass is 456 g/mol. The Morgan fingerprint density at radius 2 is 2.00 bits per heavy atom. The van der Waals surface area contributed by atoms with Crippen molar-refractivity contribution in [3.05, 3.63) is 32.2 Å². The highest BCUT2D eigenvalue weighted by molar-refractivity contribution is 9.11. The van der Waals surface area contributed by atoms with Gasteiger partial charge in [-0.2, -0.15) is 0 Å². The normalized spacial score (nSPS) is 16.3. The lowest BCUT2D eigenvalue weighted by Crippen LogP contribution is -2.52. The van der Waals surface area contributed by atoms with Crippen LogP contribution in [0, 0.1) is 12.3 Å². The van der Waals surface area contributed by atoms with Crippen LogP contribution < -0.4 is 10.1 Å². The summed E-state index contributed by atoms with van der Waals surface area (Å²) in [7, 11) is 1.50. The van der Waals surface area contributed by atoms with Gasteiger partial charge in [0.25, 0.3) is 11.8 Å². The van der Waals surface area contributed by atoms with E-state index in [1.165, 1.54) is 18.0 Å². The van der Waals surface area contributed by atoms with Gasteiger partial charge in [-0.15, -0.1) is 6.42 Å². The Balaban J connectivity index is 2.39. The molecule has 0 atom stereocenters. The number of carbonyl (C=O) groups is 2. The van der Waals surface area contributed by atoms with Crippen LogP contribution in [0.3, 0.4) is 0 Å². The van der Waals surface area contributed by atoms with Crippen LogP contribution in [0.15, 0.2) is 26.7 Å². The number of amides is 2. The van der Waals surface area contributed by atoms with Crippen LogP contribution in [0.4, 0.5) is 0 Å². The Morgan fingerprint density at radius 3 is 2.57 bits per heavy atom. The van der Waals surface area contributed by atoms with Crippen LogP contribution >= 0.6 is 44.1 Å². The number of terminal acetylenes is 1. The molecule has 8 heteroatoms. The van der Waals surface area contributed by atoms with E-state index in [9.17, 15) is 9.59 Å². The van der Waals surface area contributed by atoms with E-state index in [4.69, 9.17) is 23.4 Å². The van der Waals surface area contributed by atoms with Gasteiger partial charge in [0.15, 0.2) is 5.11 Å². The van der Waals surface area contributed by atoms with Gasteiger partial charge >= 0.3 is 0 Å². The van der Waals surface area contributed by atoms with Crippen molar-refractivity contribution in [3.63, 3.8) is 0 Å². The van der Waals surface area contributed by atoms with Gasteiger partial charge in [-0.05, 0) is 67.8 Å². The van der Waals surface area contributed by atoms with Crippen molar-refractivity contribution in [2.24, 2.45) is 0 Å². The summed E-state index contributed by atoms with van der Waals surface area (Å²) in [6, 6.07) is 3.44. The lowest BCUT2D eigenvalue weighted by atomic mass is 10.1. The molecule has 1 N–H and O–H groups in total. The fourth-order valence-corrected chi connectivity index (χ4v) is 3.45. The molecule has 0 aromatic heterocycles. The molecule has 0 radical (unpaired) electrons. The largest absolute Gasteiger partial charge is 0.479 e. The average molecular weight is 458 g/mol. The first-order valence-electron chi connectivity index (χ1n) is 6.25. The molecule has 0 saturated carbocycles. The fourth-order valence-electron chi connectivity index (χ4n) is 1.83. The van der Waals surface area contributed by atoms with E-state index in [2.05, 4.69) is 43.1 Å². The molecule has 1 heterocycles. The van der Waals surface area contributed by atoms with E-state index in [0.717, 1.165) is 0 Å². The minimum Gasteiger partial charge on any atom is -0.479 e. The molecule has 1 aliphatic heterocycles. The van der Waals surface area contributed by atoms with Crippen LogP contribution in [0.2, 0.25) is 0 Å². The van der Waals surface area contributed by atoms with Crippen molar-refractivity contribution in [3.8, 4) is 18.1 Å². The van der Waals surface area contributed by atoms with E-state index >= 15 is 0 Å². The van der Waals surface area contributed by atoms with Crippen molar-refractivity contribution in [2.45, 2.75) is 0 Å². The topological polar surface area (TPSA) is 58.6 Å². The molecule has 0 aliphatic carbocycles.